The topological polar surface area (TPSA) is 96.4 Å². The Bertz CT molecular complexity index is 321. The van der Waals surface area contributed by atoms with E-state index < -0.39 is 11.6 Å². The maximum Gasteiger partial charge on any atom is 0.335 e. The van der Waals surface area contributed by atoms with Gasteiger partial charge in [0.1, 0.15) is 0 Å². The van der Waals surface area contributed by atoms with E-state index in [0.29, 0.717) is 10.8 Å². The molecule has 13 heavy (non-hydrogen) atoms. The van der Waals surface area contributed by atoms with E-state index in [4.69, 9.17) is 10.8 Å². The number of carboxylic acids is 1. The van der Waals surface area contributed by atoms with Gasteiger partial charge in [-0.05, 0) is 6.92 Å². The molecule has 0 saturated heterocycles. The van der Waals surface area contributed by atoms with Crippen LogP contribution in [0.2, 0.25) is 0 Å². The predicted octanol–water partition coefficient (Wildman–Crippen LogP) is 0.103. The van der Waals surface area contributed by atoms with Gasteiger partial charge in [-0.15, -0.1) is 11.3 Å². The maximum absolute atomic E-state index is 10.5. The fourth-order valence-electron chi connectivity index (χ4n) is 0.832. The lowest BCUT2D eigenvalue weighted by Crippen LogP contribution is -2.37. The van der Waals surface area contributed by atoms with Crippen molar-refractivity contribution in [1.29, 1.82) is 0 Å². The summed E-state index contributed by atoms with van der Waals surface area (Å²) in [4.78, 5) is 14.4. The molecule has 0 amide bonds. The number of aliphatic carboxylic acids is 1. The van der Waals surface area contributed by atoms with E-state index in [-0.39, 0.29) is 6.42 Å². The molecular weight excluding hydrogens is 192 g/mol. The number of nitrogens with two attached hydrogens (primary N) is 1. The van der Waals surface area contributed by atoms with Gasteiger partial charge in [0.2, 0.25) is 0 Å². The van der Waals surface area contributed by atoms with E-state index in [0.717, 1.165) is 0 Å². The Labute approximate surface area is 78.8 Å². The maximum atomic E-state index is 10.5. The quantitative estimate of drug-likeness (QED) is 0.646. The van der Waals surface area contributed by atoms with Gasteiger partial charge < -0.3 is 15.9 Å². The second-order valence-electron chi connectivity index (χ2n) is 2.93. The molecule has 0 aliphatic carbocycles. The van der Waals surface area contributed by atoms with Crippen LogP contribution in [0.1, 0.15) is 12.6 Å². The first-order valence-corrected chi connectivity index (χ1v) is 4.45. The van der Waals surface area contributed by atoms with Gasteiger partial charge in [-0.25, -0.2) is 9.78 Å². The average molecular weight is 202 g/mol. The molecule has 5 nitrogen and oxygen atoms in total. The minimum Gasteiger partial charge on any atom is -0.479 e. The number of hydrogen-bond acceptors (Lipinski definition) is 5. The minimum absolute atomic E-state index is 0.0317. The summed E-state index contributed by atoms with van der Waals surface area (Å²) in [7, 11) is 0. The summed E-state index contributed by atoms with van der Waals surface area (Å²) < 4.78 is 0. The summed E-state index contributed by atoms with van der Waals surface area (Å²) in [6, 6.07) is 0. The zero-order valence-electron chi connectivity index (χ0n) is 7.02. The summed E-state index contributed by atoms with van der Waals surface area (Å²) in [5.41, 5.74) is 4.07. The van der Waals surface area contributed by atoms with Crippen molar-refractivity contribution >= 4 is 22.4 Å². The minimum atomic E-state index is -1.78. The average Bonchev–Trinajstić information content (AvgIpc) is 2.34. The Morgan fingerprint density at radius 1 is 1.85 bits per heavy atom. The number of carboxylic acid groups (broad SMARTS) is 1. The Kier molecular flexibility index (Phi) is 2.53. The second-order valence-corrected chi connectivity index (χ2v) is 3.82. The first-order chi connectivity index (χ1) is 5.92. The summed E-state index contributed by atoms with van der Waals surface area (Å²) in [6.45, 7) is 1.23. The van der Waals surface area contributed by atoms with Crippen molar-refractivity contribution in [2.24, 2.45) is 0 Å². The number of anilines is 1. The van der Waals surface area contributed by atoms with Gasteiger partial charge in [0.25, 0.3) is 0 Å². The molecule has 4 N–H and O–H groups in total. The lowest BCUT2D eigenvalue weighted by atomic mass is 10.0. The zero-order chi connectivity index (χ0) is 10.1. The predicted molar refractivity (Wildman–Crippen MR) is 48.5 cm³/mol. The normalized spacial score (nSPS) is 15.2. The van der Waals surface area contributed by atoms with Gasteiger partial charge in [-0.2, -0.15) is 0 Å². The molecule has 72 valence electrons. The van der Waals surface area contributed by atoms with Crippen LogP contribution >= 0.6 is 11.3 Å². The standard InChI is InChI=1S/C7H10N2O3S/c1-7(12,5(10)11)2-4-3-13-6(8)9-4/h3,12H,2H2,1H3,(H2,8,9)(H,10,11). The first-order valence-electron chi connectivity index (χ1n) is 3.57. The third-order valence-corrected chi connectivity index (χ3v) is 2.28. The van der Waals surface area contributed by atoms with Crippen molar-refractivity contribution in [3.8, 4) is 0 Å². The molecule has 1 aromatic heterocycles. The van der Waals surface area contributed by atoms with Crippen LogP contribution in [0.3, 0.4) is 0 Å². The van der Waals surface area contributed by atoms with E-state index in [1.165, 1.54) is 18.3 Å². The van der Waals surface area contributed by atoms with Gasteiger partial charge in [0.05, 0.1) is 5.69 Å². The summed E-state index contributed by atoms with van der Waals surface area (Å²) in [6.07, 6.45) is -0.0317. The van der Waals surface area contributed by atoms with Crippen molar-refractivity contribution in [3.63, 3.8) is 0 Å². The number of nitrogens with zero attached hydrogens (tertiary/aromatic N) is 1. The van der Waals surface area contributed by atoms with Gasteiger partial charge >= 0.3 is 5.97 Å². The largest absolute Gasteiger partial charge is 0.479 e. The van der Waals surface area contributed by atoms with Crippen LogP contribution < -0.4 is 5.73 Å². The van der Waals surface area contributed by atoms with Gasteiger partial charge in [-0.3, -0.25) is 0 Å². The SMILES string of the molecule is CC(O)(Cc1csc(N)n1)C(=O)O. The van der Waals surface area contributed by atoms with Crippen molar-refractivity contribution in [2.45, 2.75) is 18.9 Å². The number of rotatable bonds is 3. The molecule has 0 spiro atoms. The Hall–Kier alpha value is -1.14. The molecule has 1 rings (SSSR count). The molecule has 1 atom stereocenters. The van der Waals surface area contributed by atoms with Crippen LogP contribution in [0.4, 0.5) is 5.13 Å². The van der Waals surface area contributed by atoms with Crippen LogP contribution in [-0.4, -0.2) is 26.8 Å². The van der Waals surface area contributed by atoms with Gasteiger partial charge in [0, 0.05) is 11.8 Å². The molecular formula is C7H10N2O3S. The number of nitrogen functional groups attached to an aromatic ring is 1. The van der Waals surface area contributed by atoms with Crippen LogP contribution in [0, 0.1) is 0 Å². The highest BCUT2D eigenvalue weighted by atomic mass is 32.1. The van der Waals surface area contributed by atoms with Crippen LogP contribution in [0.5, 0.6) is 0 Å². The summed E-state index contributed by atoms with van der Waals surface area (Å²) in [5.74, 6) is -1.26. The molecule has 0 bridgehead atoms. The Morgan fingerprint density at radius 2 is 2.46 bits per heavy atom. The molecule has 1 unspecified atom stereocenters. The highest BCUT2D eigenvalue weighted by Gasteiger charge is 2.30. The molecule has 6 heteroatoms. The second kappa shape index (κ2) is 3.31. The lowest BCUT2D eigenvalue weighted by molar-refractivity contribution is -0.156. The number of carbonyl (C=O) groups is 1. The van der Waals surface area contributed by atoms with Crippen molar-refractivity contribution in [3.05, 3.63) is 11.1 Å². The molecule has 0 aliphatic rings. The lowest BCUT2D eigenvalue weighted by Gasteiger charge is -2.15. The Balaban J connectivity index is 2.74. The Morgan fingerprint density at radius 3 is 2.85 bits per heavy atom. The van der Waals surface area contributed by atoms with E-state index in [2.05, 4.69) is 4.98 Å². The van der Waals surface area contributed by atoms with Gasteiger partial charge in [0.15, 0.2) is 10.7 Å². The molecule has 0 aliphatic heterocycles. The summed E-state index contributed by atoms with van der Waals surface area (Å²) >= 11 is 1.22. The smallest absolute Gasteiger partial charge is 0.335 e. The fourth-order valence-corrected chi connectivity index (χ4v) is 1.39. The van der Waals surface area contributed by atoms with Crippen LogP contribution in [0.15, 0.2) is 5.38 Å². The number of aromatic nitrogens is 1. The van der Waals surface area contributed by atoms with E-state index >= 15 is 0 Å². The molecule has 0 aromatic carbocycles. The monoisotopic (exact) mass is 202 g/mol. The van der Waals surface area contributed by atoms with Crippen LogP contribution in [0.25, 0.3) is 0 Å². The zero-order valence-corrected chi connectivity index (χ0v) is 7.84. The fraction of sp³-hybridized carbons (Fsp3) is 0.429. The number of aliphatic hydroxyl groups is 1. The van der Waals surface area contributed by atoms with Crippen molar-refractivity contribution in [2.75, 3.05) is 5.73 Å². The number of hydrogen-bond donors (Lipinski definition) is 3. The molecule has 0 fully saturated rings. The third-order valence-electron chi connectivity index (χ3n) is 1.56. The van der Waals surface area contributed by atoms with E-state index in [1.807, 2.05) is 0 Å². The highest BCUT2D eigenvalue weighted by Crippen LogP contribution is 2.17. The summed E-state index contributed by atoms with van der Waals surface area (Å²) in [5, 5.41) is 20.0. The number of thiazole rings is 1. The van der Waals surface area contributed by atoms with E-state index in [1.54, 1.807) is 5.38 Å². The molecule has 0 saturated carbocycles. The van der Waals surface area contributed by atoms with Gasteiger partial charge in [-0.1, -0.05) is 0 Å². The van der Waals surface area contributed by atoms with Crippen molar-refractivity contribution < 1.29 is 15.0 Å². The highest BCUT2D eigenvalue weighted by molar-refractivity contribution is 7.13. The van der Waals surface area contributed by atoms with E-state index in [9.17, 15) is 9.90 Å². The third kappa shape index (κ3) is 2.40. The van der Waals surface area contributed by atoms with Crippen molar-refractivity contribution in [1.82, 2.24) is 4.98 Å². The molecule has 1 heterocycles. The molecule has 0 radical (unpaired) electrons. The first kappa shape index (κ1) is 9.94. The van der Waals surface area contributed by atoms with Crippen LogP contribution in [-0.2, 0) is 11.2 Å². The molecule has 1 aromatic rings.